The van der Waals surface area contributed by atoms with Crippen molar-refractivity contribution in [3.8, 4) is 0 Å². The number of nitrogens with zero attached hydrogens (tertiary/aromatic N) is 1. The molecule has 0 fully saturated rings. The number of carbonyl (C=O) groups is 1. The van der Waals surface area contributed by atoms with Crippen molar-refractivity contribution >= 4 is 21.9 Å². The Labute approximate surface area is 104 Å². The van der Waals surface area contributed by atoms with Crippen LogP contribution in [0.3, 0.4) is 0 Å². The highest BCUT2D eigenvalue weighted by Crippen LogP contribution is 2.29. The van der Waals surface area contributed by atoms with Crippen molar-refractivity contribution in [1.82, 2.24) is 4.98 Å². The van der Waals surface area contributed by atoms with Crippen LogP contribution in [0.4, 0.5) is 13.2 Å². The van der Waals surface area contributed by atoms with Crippen molar-refractivity contribution in [2.45, 2.75) is 19.5 Å². The number of carbonyl (C=O) groups excluding carboxylic acids is 1. The fourth-order valence-electron chi connectivity index (χ4n) is 1.11. The molecule has 1 aromatic rings. The van der Waals surface area contributed by atoms with Crippen molar-refractivity contribution in [2.75, 3.05) is 6.61 Å². The monoisotopic (exact) mass is 311 g/mol. The van der Waals surface area contributed by atoms with Gasteiger partial charge in [0, 0.05) is 4.47 Å². The van der Waals surface area contributed by atoms with Gasteiger partial charge >= 0.3 is 12.1 Å². The summed E-state index contributed by atoms with van der Waals surface area (Å²) in [5.41, 5.74) is -1.02. The third kappa shape index (κ3) is 3.99. The van der Waals surface area contributed by atoms with Crippen LogP contribution < -0.4 is 0 Å². The van der Waals surface area contributed by atoms with Gasteiger partial charge < -0.3 is 4.74 Å². The van der Waals surface area contributed by atoms with Crippen molar-refractivity contribution in [1.29, 1.82) is 0 Å². The smallest absolute Gasteiger partial charge is 0.433 e. The van der Waals surface area contributed by atoms with E-state index in [-0.39, 0.29) is 18.7 Å². The van der Waals surface area contributed by atoms with E-state index in [0.29, 0.717) is 4.47 Å². The molecule has 0 aliphatic heterocycles. The van der Waals surface area contributed by atoms with E-state index >= 15 is 0 Å². The van der Waals surface area contributed by atoms with E-state index in [4.69, 9.17) is 0 Å². The van der Waals surface area contributed by atoms with E-state index in [1.807, 2.05) is 0 Å². The maximum absolute atomic E-state index is 12.4. The van der Waals surface area contributed by atoms with Gasteiger partial charge in [0.15, 0.2) is 0 Å². The zero-order chi connectivity index (χ0) is 13.1. The average Bonchev–Trinajstić information content (AvgIpc) is 2.20. The first kappa shape index (κ1) is 14.0. The van der Waals surface area contributed by atoms with Crippen LogP contribution in [0.1, 0.15) is 18.3 Å². The highest BCUT2D eigenvalue weighted by molar-refractivity contribution is 9.10. The summed E-state index contributed by atoms with van der Waals surface area (Å²) in [6.07, 6.45) is -4.82. The van der Waals surface area contributed by atoms with E-state index in [2.05, 4.69) is 25.7 Å². The minimum atomic E-state index is -4.52. The summed E-state index contributed by atoms with van der Waals surface area (Å²) >= 11 is 3.04. The Kier molecular flexibility index (Phi) is 4.50. The summed E-state index contributed by atoms with van der Waals surface area (Å²) in [5.74, 6) is -0.611. The normalized spacial score (nSPS) is 11.4. The lowest BCUT2D eigenvalue weighted by molar-refractivity contribution is -0.144. The Morgan fingerprint density at radius 2 is 2.12 bits per heavy atom. The molecule has 7 heteroatoms. The fraction of sp³-hybridized carbons (Fsp3) is 0.400. The standard InChI is InChI=1S/C10H9BrF3NO2/c1-2-17-9(16)5-7-6(11)3-4-8(15-7)10(12,13)14/h3-4H,2,5H2,1H3. The molecule has 94 valence electrons. The SMILES string of the molecule is CCOC(=O)Cc1nc(C(F)(F)F)ccc1Br. The number of pyridine rings is 1. The van der Waals surface area contributed by atoms with Crippen LogP contribution in [-0.2, 0) is 22.1 Å². The second kappa shape index (κ2) is 5.48. The molecule has 0 N–H and O–H groups in total. The van der Waals surface area contributed by atoms with Crippen molar-refractivity contribution in [2.24, 2.45) is 0 Å². The minimum absolute atomic E-state index is 0.0123. The van der Waals surface area contributed by atoms with E-state index in [9.17, 15) is 18.0 Å². The Bertz CT molecular complexity index is 421. The van der Waals surface area contributed by atoms with Crippen LogP contribution >= 0.6 is 15.9 Å². The number of ether oxygens (including phenoxy) is 1. The molecular formula is C10H9BrF3NO2. The Morgan fingerprint density at radius 3 is 2.65 bits per heavy atom. The molecule has 0 saturated heterocycles. The lowest BCUT2D eigenvalue weighted by atomic mass is 10.2. The van der Waals surface area contributed by atoms with Gasteiger partial charge in [0.25, 0.3) is 0 Å². The molecule has 0 radical (unpaired) electrons. The van der Waals surface area contributed by atoms with Gasteiger partial charge in [-0.2, -0.15) is 13.2 Å². The number of hydrogen-bond acceptors (Lipinski definition) is 3. The highest BCUT2D eigenvalue weighted by atomic mass is 79.9. The molecular weight excluding hydrogens is 303 g/mol. The molecule has 0 atom stereocenters. The van der Waals surface area contributed by atoms with Gasteiger partial charge in [-0.1, -0.05) is 0 Å². The summed E-state index contributed by atoms with van der Waals surface area (Å²) in [6.45, 7) is 1.79. The maximum atomic E-state index is 12.4. The van der Waals surface area contributed by atoms with Crippen LogP contribution in [0.2, 0.25) is 0 Å². The topological polar surface area (TPSA) is 39.2 Å². The molecule has 0 saturated carbocycles. The number of esters is 1. The number of rotatable bonds is 3. The van der Waals surface area contributed by atoms with Crippen LogP contribution in [0.25, 0.3) is 0 Å². The van der Waals surface area contributed by atoms with Crippen LogP contribution in [0, 0.1) is 0 Å². The Hall–Kier alpha value is -1.11. The summed E-state index contributed by atoms with van der Waals surface area (Å²) in [6, 6.07) is 2.06. The van der Waals surface area contributed by atoms with E-state index in [1.54, 1.807) is 6.92 Å². The second-order valence-electron chi connectivity index (χ2n) is 3.10. The number of hydrogen-bond donors (Lipinski definition) is 0. The van der Waals surface area contributed by atoms with Gasteiger partial charge in [-0.25, -0.2) is 4.98 Å². The van der Waals surface area contributed by atoms with Crippen molar-refractivity contribution in [3.63, 3.8) is 0 Å². The third-order valence-electron chi connectivity index (χ3n) is 1.83. The first-order chi connectivity index (χ1) is 7.84. The molecule has 0 bridgehead atoms. The van der Waals surface area contributed by atoms with Gasteiger partial charge in [-0.3, -0.25) is 4.79 Å². The molecule has 0 aromatic carbocycles. The first-order valence-corrected chi connectivity index (χ1v) is 5.52. The van der Waals surface area contributed by atoms with Crippen molar-refractivity contribution in [3.05, 3.63) is 28.0 Å². The molecule has 0 spiro atoms. The maximum Gasteiger partial charge on any atom is 0.433 e. The Balaban J connectivity index is 2.95. The lowest BCUT2D eigenvalue weighted by Gasteiger charge is -2.09. The lowest BCUT2D eigenvalue weighted by Crippen LogP contribution is -2.13. The van der Waals surface area contributed by atoms with Crippen LogP contribution in [0.15, 0.2) is 16.6 Å². The number of alkyl halides is 3. The summed E-state index contributed by atoms with van der Waals surface area (Å²) in [5, 5.41) is 0. The molecule has 17 heavy (non-hydrogen) atoms. The molecule has 3 nitrogen and oxygen atoms in total. The first-order valence-electron chi connectivity index (χ1n) is 4.72. The van der Waals surface area contributed by atoms with E-state index in [1.165, 1.54) is 6.07 Å². The van der Waals surface area contributed by atoms with Gasteiger partial charge in [0.2, 0.25) is 0 Å². The summed E-state index contributed by atoms with van der Waals surface area (Å²) in [7, 11) is 0. The second-order valence-corrected chi connectivity index (χ2v) is 3.96. The third-order valence-corrected chi connectivity index (χ3v) is 2.55. The van der Waals surface area contributed by atoms with Gasteiger partial charge in [0.1, 0.15) is 5.69 Å². The zero-order valence-electron chi connectivity index (χ0n) is 8.84. The molecule has 1 heterocycles. The quantitative estimate of drug-likeness (QED) is 0.806. The van der Waals surface area contributed by atoms with Gasteiger partial charge in [-0.15, -0.1) is 0 Å². The average molecular weight is 312 g/mol. The number of aromatic nitrogens is 1. The molecule has 0 aliphatic rings. The zero-order valence-corrected chi connectivity index (χ0v) is 10.4. The molecule has 0 aliphatic carbocycles. The predicted molar refractivity (Wildman–Crippen MR) is 57.3 cm³/mol. The van der Waals surface area contributed by atoms with Gasteiger partial charge in [0.05, 0.1) is 18.7 Å². The molecule has 0 amide bonds. The van der Waals surface area contributed by atoms with Crippen LogP contribution in [0.5, 0.6) is 0 Å². The van der Waals surface area contributed by atoms with E-state index < -0.39 is 17.8 Å². The Morgan fingerprint density at radius 1 is 1.47 bits per heavy atom. The molecule has 1 aromatic heterocycles. The van der Waals surface area contributed by atoms with Gasteiger partial charge in [-0.05, 0) is 35.0 Å². The predicted octanol–water partition coefficient (Wildman–Crippen LogP) is 2.97. The molecule has 1 rings (SSSR count). The summed E-state index contributed by atoms with van der Waals surface area (Å²) in [4.78, 5) is 14.6. The fourth-order valence-corrected chi connectivity index (χ4v) is 1.48. The summed E-state index contributed by atoms with van der Waals surface area (Å²) < 4.78 is 42.2. The largest absolute Gasteiger partial charge is 0.466 e. The highest BCUT2D eigenvalue weighted by Gasteiger charge is 2.33. The van der Waals surface area contributed by atoms with Crippen LogP contribution in [-0.4, -0.2) is 17.6 Å². The molecule has 0 unspecified atom stereocenters. The van der Waals surface area contributed by atoms with E-state index in [0.717, 1.165) is 6.07 Å². The van der Waals surface area contributed by atoms with Crippen molar-refractivity contribution < 1.29 is 22.7 Å². The minimum Gasteiger partial charge on any atom is -0.466 e. The number of halogens is 4.